The van der Waals surface area contributed by atoms with E-state index in [9.17, 15) is 4.79 Å². The van der Waals surface area contributed by atoms with Crippen molar-refractivity contribution < 1.29 is 19.0 Å². The Labute approximate surface area is 119 Å². The summed E-state index contributed by atoms with van der Waals surface area (Å²) in [4.78, 5) is 12.0. The van der Waals surface area contributed by atoms with Crippen molar-refractivity contribution in [3.8, 4) is 11.5 Å². The predicted molar refractivity (Wildman–Crippen MR) is 75.7 cm³/mol. The highest BCUT2D eigenvalue weighted by molar-refractivity contribution is 6.00. The monoisotopic (exact) mass is 279 g/mol. The lowest BCUT2D eigenvalue weighted by Crippen LogP contribution is -2.28. The quantitative estimate of drug-likeness (QED) is 0.803. The van der Waals surface area contributed by atoms with Crippen molar-refractivity contribution in [1.82, 2.24) is 5.32 Å². The first kappa shape index (κ1) is 14.8. The normalized spacial score (nSPS) is 18.6. The van der Waals surface area contributed by atoms with Crippen LogP contribution < -0.4 is 14.8 Å². The maximum Gasteiger partial charge on any atom is 0.180 e. The molecule has 5 heteroatoms. The molecule has 1 aromatic carbocycles. The van der Waals surface area contributed by atoms with Crippen LogP contribution in [0.25, 0.3) is 0 Å². The molecule has 1 aliphatic rings. The summed E-state index contributed by atoms with van der Waals surface area (Å²) < 4.78 is 16.7. The molecule has 1 saturated heterocycles. The number of rotatable bonds is 6. The van der Waals surface area contributed by atoms with Crippen molar-refractivity contribution in [3.05, 3.63) is 23.8 Å². The van der Waals surface area contributed by atoms with E-state index in [1.54, 1.807) is 20.2 Å². The van der Waals surface area contributed by atoms with Gasteiger partial charge in [0, 0.05) is 6.61 Å². The maximum atomic E-state index is 12.0. The zero-order valence-corrected chi connectivity index (χ0v) is 12.0. The SMILES string of the molecule is CNCC(=O)c1cccc(OC2CCCOC2)c1OC. The van der Waals surface area contributed by atoms with Gasteiger partial charge in [-0.15, -0.1) is 0 Å². The Kier molecular flexibility index (Phi) is 5.38. The van der Waals surface area contributed by atoms with Gasteiger partial charge >= 0.3 is 0 Å². The third kappa shape index (κ3) is 3.49. The van der Waals surface area contributed by atoms with E-state index in [0.29, 0.717) is 23.7 Å². The van der Waals surface area contributed by atoms with Gasteiger partial charge in [-0.1, -0.05) is 6.07 Å². The molecule has 0 aliphatic carbocycles. The zero-order chi connectivity index (χ0) is 14.4. The van der Waals surface area contributed by atoms with Gasteiger partial charge in [0.05, 0.1) is 25.8 Å². The van der Waals surface area contributed by atoms with Crippen LogP contribution in [-0.4, -0.2) is 45.8 Å². The number of hydrogen-bond acceptors (Lipinski definition) is 5. The molecule has 1 fully saturated rings. The molecule has 2 rings (SSSR count). The number of ketones is 1. The minimum Gasteiger partial charge on any atom is -0.492 e. The van der Waals surface area contributed by atoms with Crippen molar-refractivity contribution in [2.75, 3.05) is 33.9 Å². The Balaban J connectivity index is 2.19. The molecule has 110 valence electrons. The van der Waals surface area contributed by atoms with Gasteiger partial charge in [0.2, 0.25) is 0 Å². The number of methoxy groups -OCH3 is 1. The molecule has 0 spiro atoms. The fourth-order valence-electron chi connectivity index (χ4n) is 2.28. The third-order valence-electron chi connectivity index (χ3n) is 3.23. The highest BCUT2D eigenvalue weighted by Gasteiger charge is 2.20. The van der Waals surface area contributed by atoms with Crippen LogP contribution in [0.15, 0.2) is 18.2 Å². The molecular weight excluding hydrogens is 258 g/mol. The van der Waals surface area contributed by atoms with Gasteiger partial charge in [-0.05, 0) is 32.0 Å². The minimum absolute atomic E-state index is 0.0188. The number of likely N-dealkylation sites (N-methyl/N-ethyl adjacent to an activating group) is 1. The fourth-order valence-corrected chi connectivity index (χ4v) is 2.28. The minimum atomic E-state index is -0.0188. The molecule has 1 aliphatic heterocycles. The van der Waals surface area contributed by atoms with Gasteiger partial charge < -0.3 is 19.5 Å². The van der Waals surface area contributed by atoms with Crippen molar-refractivity contribution >= 4 is 5.78 Å². The molecule has 1 aromatic rings. The Bertz CT molecular complexity index is 455. The number of para-hydroxylation sites is 1. The van der Waals surface area contributed by atoms with E-state index in [0.717, 1.165) is 19.4 Å². The van der Waals surface area contributed by atoms with Crippen LogP contribution in [0.1, 0.15) is 23.2 Å². The first-order valence-electron chi connectivity index (χ1n) is 6.85. The van der Waals surface area contributed by atoms with Crippen LogP contribution >= 0.6 is 0 Å². The molecule has 1 unspecified atom stereocenters. The summed E-state index contributed by atoms with van der Waals surface area (Å²) in [5, 5.41) is 2.85. The first-order valence-corrected chi connectivity index (χ1v) is 6.85. The summed E-state index contributed by atoms with van der Waals surface area (Å²) >= 11 is 0. The molecular formula is C15H21NO4. The molecule has 1 heterocycles. The molecule has 0 aromatic heterocycles. The van der Waals surface area contributed by atoms with Gasteiger partial charge in [-0.3, -0.25) is 4.79 Å². The standard InChI is InChI=1S/C15H21NO4/c1-16-9-13(17)12-6-3-7-14(15(12)18-2)20-11-5-4-8-19-10-11/h3,6-7,11,16H,4-5,8-10H2,1-2H3. The van der Waals surface area contributed by atoms with Crippen molar-refractivity contribution in [2.45, 2.75) is 18.9 Å². The van der Waals surface area contributed by atoms with E-state index < -0.39 is 0 Å². The van der Waals surface area contributed by atoms with Gasteiger partial charge in [0.1, 0.15) is 6.10 Å². The molecule has 20 heavy (non-hydrogen) atoms. The average Bonchev–Trinajstić information content (AvgIpc) is 2.48. The number of benzene rings is 1. The Morgan fingerprint density at radius 1 is 1.50 bits per heavy atom. The highest BCUT2D eigenvalue weighted by atomic mass is 16.5. The summed E-state index contributed by atoms with van der Waals surface area (Å²) in [5.41, 5.74) is 0.538. The van der Waals surface area contributed by atoms with Crippen LogP contribution in [0.3, 0.4) is 0 Å². The fraction of sp³-hybridized carbons (Fsp3) is 0.533. The molecule has 5 nitrogen and oxygen atoms in total. The second-order valence-electron chi connectivity index (χ2n) is 4.75. The summed E-state index contributed by atoms with van der Waals surface area (Å²) in [7, 11) is 3.29. The Hall–Kier alpha value is -1.59. The Morgan fingerprint density at radius 3 is 3.00 bits per heavy atom. The van der Waals surface area contributed by atoms with Gasteiger partial charge in [-0.2, -0.15) is 0 Å². The predicted octanol–water partition coefficient (Wildman–Crippen LogP) is 1.66. The highest BCUT2D eigenvalue weighted by Crippen LogP contribution is 2.32. The lowest BCUT2D eigenvalue weighted by atomic mass is 10.1. The summed E-state index contributed by atoms with van der Waals surface area (Å²) in [6, 6.07) is 5.39. The van der Waals surface area contributed by atoms with Crippen molar-refractivity contribution in [3.63, 3.8) is 0 Å². The second kappa shape index (κ2) is 7.26. The molecule has 0 radical (unpaired) electrons. The van der Waals surface area contributed by atoms with Crippen LogP contribution in [0.4, 0.5) is 0 Å². The number of nitrogens with one attached hydrogen (secondary N) is 1. The van der Waals surface area contributed by atoms with Crippen LogP contribution in [0.2, 0.25) is 0 Å². The third-order valence-corrected chi connectivity index (χ3v) is 3.23. The maximum absolute atomic E-state index is 12.0. The molecule has 0 saturated carbocycles. The second-order valence-corrected chi connectivity index (χ2v) is 4.75. The van der Waals surface area contributed by atoms with Crippen molar-refractivity contribution in [2.24, 2.45) is 0 Å². The van der Waals surface area contributed by atoms with Gasteiger partial charge in [-0.25, -0.2) is 0 Å². The number of carbonyl (C=O) groups is 1. The van der Waals surface area contributed by atoms with E-state index in [2.05, 4.69) is 5.32 Å². The Morgan fingerprint density at radius 2 is 2.35 bits per heavy atom. The summed E-state index contributed by atoms with van der Waals surface area (Å²) in [6.45, 7) is 1.64. The largest absolute Gasteiger partial charge is 0.492 e. The summed E-state index contributed by atoms with van der Waals surface area (Å²) in [5.74, 6) is 1.08. The van der Waals surface area contributed by atoms with Gasteiger partial charge in [0.25, 0.3) is 0 Å². The molecule has 1 N–H and O–H groups in total. The lowest BCUT2D eigenvalue weighted by molar-refractivity contribution is 0.00640. The topological polar surface area (TPSA) is 56.8 Å². The van der Waals surface area contributed by atoms with E-state index in [4.69, 9.17) is 14.2 Å². The zero-order valence-electron chi connectivity index (χ0n) is 12.0. The van der Waals surface area contributed by atoms with E-state index >= 15 is 0 Å². The molecule has 0 bridgehead atoms. The average molecular weight is 279 g/mol. The molecule has 0 amide bonds. The van der Waals surface area contributed by atoms with E-state index in [1.165, 1.54) is 0 Å². The van der Waals surface area contributed by atoms with Crippen LogP contribution in [0, 0.1) is 0 Å². The number of ether oxygens (including phenoxy) is 3. The van der Waals surface area contributed by atoms with Crippen molar-refractivity contribution in [1.29, 1.82) is 0 Å². The van der Waals surface area contributed by atoms with E-state index in [1.807, 2.05) is 12.1 Å². The smallest absolute Gasteiger partial charge is 0.180 e. The number of carbonyl (C=O) groups excluding carboxylic acids is 1. The molecule has 1 atom stereocenters. The summed E-state index contributed by atoms with van der Waals surface area (Å²) in [6.07, 6.45) is 1.97. The van der Waals surface area contributed by atoms with E-state index in [-0.39, 0.29) is 18.4 Å². The first-order chi connectivity index (χ1) is 9.76. The lowest BCUT2D eigenvalue weighted by Gasteiger charge is -2.24. The number of Topliss-reactive ketones (excluding diaryl/α,β-unsaturated/α-hetero) is 1. The van der Waals surface area contributed by atoms with Crippen LogP contribution in [0.5, 0.6) is 11.5 Å². The van der Waals surface area contributed by atoms with Gasteiger partial charge in [0.15, 0.2) is 17.3 Å². The van der Waals surface area contributed by atoms with Crippen LogP contribution in [-0.2, 0) is 4.74 Å². The number of hydrogen-bond donors (Lipinski definition) is 1.